The van der Waals surface area contributed by atoms with E-state index in [0.717, 1.165) is 19.4 Å². The van der Waals surface area contributed by atoms with Crippen molar-refractivity contribution in [3.05, 3.63) is 46.0 Å². The Bertz CT molecular complexity index is 994. The van der Waals surface area contributed by atoms with Crippen LogP contribution in [0, 0.1) is 6.92 Å². The number of ether oxygens (including phenoxy) is 1. The second kappa shape index (κ2) is 4.53. The van der Waals surface area contributed by atoms with Crippen LogP contribution >= 0.6 is 0 Å². The van der Waals surface area contributed by atoms with Crippen molar-refractivity contribution >= 4 is 17.3 Å². The lowest BCUT2D eigenvalue weighted by atomic mass is 9.81. The summed E-state index contributed by atoms with van der Waals surface area (Å²) in [4.78, 5) is 28.2. The summed E-state index contributed by atoms with van der Waals surface area (Å²) in [5.41, 5.74) is 1.53. The molecule has 2 heterocycles. The summed E-state index contributed by atoms with van der Waals surface area (Å²) >= 11 is 0. The number of hydrogen-bond acceptors (Lipinski definition) is 6. The number of aromatic hydroxyl groups is 2. The van der Waals surface area contributed by atoms with Gasteiger partial charge in [0.2, 0.25) is 5.78 Å². The second-order valence-corrected chi connectivity index (χ2v) is 6.77. The molecule has 6 nitrogen and oxygen atoms in total. The lowest BCUT2D eigenvalue weighted by Crippen LogP contribution is -2.30. The number of aryl methyl sites for hydroxylation is 1. The summed E-state index contributed by atoms with van der Waals surface area (Å²) in [6.45, 7) is 2.49. The Kier molecular flexibility index (Phi) is 2.60. The molecule has 0 aromatic heterocycles. The van der Waals surface area contributed by atoms with Crippen LogP contribution in [-0.4, -0.2) is 34.6 Å². The average Bonchev–Trinajstić information content (AvgIpc) is 3.11. The van der Waals surface area contributed by atoms with Gasteiger partial charge in [-0.15, -0.1) is 0 Å². The van der Waals surface area contributed by atoms with Gasteiger partial charge in [-0.25, -0.2) is 0 Å². The molecule has 0 radical (unpaired) electrons. The van der Waals surface area contributed by atoms with Crippen molar-refractivity contribution in [2.45, 2.75) is 26.0 Å². The fraction of sp³-hybridized carbons (Fsp3) is 0.263. The van der Waals surface area contributed by atoms with E-state index in [0.29, 0.717) is 17.0 Å². The summed E-state index contributed by atoms with van der Waals surface area (Å²) < 4.78 is 5.85. The molecule has 2 aromatic rings. The quantitative estimate of drug-likeness (QED) is 0.655. The lowest BCUT2D eigenvalue weighted by Gasteiger charge is -2.24. The van der Waals surface area contributed by atoms with E-state index in [1.54, 1.807) is 13.0 Å². The molecule has 25 heavy (non-hydrogen) atoms. The molecule has 1 saturated heterocycles. The minimum absolute atomic E-state index is 0.0461. The number of carbonyl (C=O) groups excluding carboxylic acids is 2. The minimum Gasteiger partial charge on any atom is -0.507 e. The number of anilines is 1. The number of ketones is 2. The maximum atomic E-state index is 13.2. The molecule has 5 rings (SSSR count). The average molecular weight is 337 g/mol. The predicted octanol–water partition coefficient (Wildman–Crippen LogP) is 2.50. The van der Waals surface area contributed by atoms with E-state index in [2.05, 4.69) is 0 Å². The molecule has 126 valence electrons. The van der Waals surface area contributed by atoms with E-state index in [4.69, 9.17) is 4.74 Å². The lowest BCUT2D eigenvalue weighted by molar-refractivity contribution is 0.0974. The molecular formula is C19H15NO5. The standard InChI is InChI=1S/C19H15NO5/c1-8-5-9-14(10(21)6-8)19(24)15-11(22)7-12-17(16(15)18(9)23)20-4-2-3-13(20)25-12/h5-7,13,21-22H,2-4H2,1H3. The zero-order chi connectivity index (χ0) is 17.5. The second-order valence-electron chi connectivity index (χ2n) is 6.77. The van der Waals surface area contributed by atoms with Crippen molar-refractivity contribution in [3.8, 4) is 17.2 Å². The first-order valence-electron chi connectivity index (χ1n) is 8.23. The van der Waals surface area contributed by atoms with Gasteiger partial charge in [-0.3, -0.25) is 9.59 Å². The van der Waals surface area contributed by atoms with Gasteiger partial charge >= 0.3 is 0 Å². The predicted molar refractivity (Wildman–Crippen MR) is 88.8 cm³/mol. The Hall–Kier alpha value is -3.02. The Morgan fingerprint density at radius 1 is 1.04 bits per heavy atom. The van der Waals surface area contributed by atoms with Crippen LogP contribution in [0.25, 0.3) is 0 Å². The van der Waals surface area contributed by atoms with Crippen LogP contribution < -0.4 is 9.64 Å². The van der Waals surface area contributed by atoms with E-state index in [-0.39, 0.29) is 45.8 Å². The highest BCUT2D eigenvalue weighted by Gasteiger charge is 2.44. The van der Waals surface area contributed by atoms with Gasteiger partial charge in [0.25, 0.3) is 0 Å². The number of phenols is 2. The third kappa shape index (κ3) is 1.68. The van der Waals surface area contributed by atoms with Crippen LogP contribution in [0.15, 0.2) is 18.2 Å². The molecule has 0 saturated carbocycles. The van der Waals surface area contributed by atoms with Crippen LogP contribution in [0.2, 0.25) is 0 Å². The SMILES string of the molecule is Cc1cc(O)c2c(c1)C(=O)c1c(c(O)cc3c1N1CCCC1O3)C2=O. The van der Waals surface area contributed by atoms with Gasteiger partial charge in [0, 0.05) is 24.6 Å². The summed E-state index contributed by atoms with van der Waals surface area (Å²) in [5, 5.41) is 20.6. The van der Waals surface area contributed by atoms with Crippen LogP contribution in [0.1, 0.15) is 50.2 Å². The van der Waals surface area contributed by atoms with Gasteiger partial charge in [0.1, 0.15) is 17.2 Å². The Labute approximate surface area is 143 Å². The monoisotopic (exact) mass is 337 g/mol. The number of hydrogen-bond donors (Lipinski definition) is 2. The highest BCUT2D eigenvalue weighted by Crippen LogP contribution is 2.51. The van der Waals surface area contributed by atoms with Gasteiger partial charge in [-0.05, 0) is 31.0 Å². The van der Waals surface area contributed by atoms with Crippen molar-refractivity contribution < 1.29 is 24.5 Å². The Balaban J connectivity index is 1.84. The summed E-state index contributed by atoms with van der Waals surface area (Å²) in [5.74, 6) is -1.01. The third-order valence-corrected chi connectivity index (χ3v) is 5.18. The fourth-order valence-electron chi connectivity index (χ4n) is 4.17. The summed E-state index contributed by atoms with van der Waals surface area (Å²) in [6.07, 6.45) is 1.62. The number of phenolic OH excluding ortho intramolecular Hbond substituents is 2. The molecule has 1 atom stereocenters. The highest BCUT2D eigenvalue weighted by atomic mass is 16.5. The summed E-state index contributed by atoms with van der Waals surface area (Å²) in [7, 11) is 0. The third-order valence-electron chi connectivity index (χ3n) is 5.18. The highest BCUT2D eigenvalue weighted by molar-refractivity contribution is 6.32. The van der Waals surface area contributed by atoms with Crippen LogP contribution in [-0.2, 0) is 0 Å². The normalized spacial score (nSPS) is 20.0. The van der Waals surface area contributed by atoms with Gasteiger partial charge in [-0.2, -0.15) is 0 Å². The Morgan fingerprint density at radius 2 is 1.80 bits per heavy atom. The molecule has 0 amide bonds. The zero-order valence-electron chi connectivity index (χ0n) is 13.5. The Morgan fingerprint density at radius 3 is 2.60 bits per heavy atom. The molecule has 2 aliphatic heterocycles. The van der Waals surface area contributed by atoms with Crippen molar-refractivity contribution in [2.75, 3.05) is 11.4 Å². The molecular weight excluding hydrogens is 322 g/mol. The van der Waals surface area contributed by atoms with E-state index in [1.807, 2.05) is 4.90 Å². The van der Waals surface area contributed by atoms with Crippen LogP contribution in [0.4, 0.5) is 5.69 Å². The molecule has 0 spiro atoms. The molecule has 2 aromatic carbocycles. The van der Waals surface area contributed by atoms with E-state index < -0.39 is 5.78 Å². The maximum Gasteiger partial charge on any atom is 0.202 e. The number of rotatable bonds is 0. The number of fused-ring (bicyclic) bond motifs is 6. The van der Waals surface area contributed by atoms with Gasteiger partial charge < -0.3 is 19.8 Å². The van der Waals surface area contributed by atoms with Gasteiger partial charge in [-0.1, -0.05) is 0 Å². The van der Waals surface area contributed by atoms with Crippen molar-refractivity contribution in [3.63, 3.8) is 0 Å². The van der Waals surface area contributed by atoms with Crippen LogP contribution in [0.3, 0.4) is 0 Å². The summed E-state index contributed by atoms with van der Waals surface area (Å²) in [6, 6.07) is 4.44. The minimum atomic E-state index is -0.537. The number of benzene rings is 2. The molecule has 0 bridgehead atoms. The maximum absolute atomic E-state index is 13.2. The topological polar surface area (TPSA) is 87.1 Å². The first-order chi connectivity index (χ1) is 12.0. The molecule has 2 N–H and O–H groups in total. The molecule has 1 unspecified atom stereocenters. The first-order valence-corrected chi connectivity index (χ1v) is 8.23. The smallest absolute Gasteiger partial charge is 0.202 e. The van der Waals surface area contributed by atoms with E-state index >= 15 is 0 Å². The molecule has 1 fully saturated rings. The molecule has 6 heteroatoms. The number of nitrogens with zero attached hydrogens (tertiary/aromatic N) is 1. The van der Waals surface area contributed by atoms with Crippen molar-refractivity contribution in [1.29, 1.82) is 0 Å². The fourth-order valence-corrected chi connectivity index (χ4v) is 4.17. The molecule has 1 aliphatic carbocycles. The largest absolute Gasteiger partial charge is 0.507 e. The van der Waals surface area contributed by atoms with E-state index in [9.17, 15) is 19.8 Å². The van der Waals surface area contributed by atoms with E-state index in [1.165, 1.54) is 12.1 Å². The van der Waals surface area contributed by atoms with Gasteiger partial charge in [0.05, 0.1) is 22.4 Å². The number of carbonyl (C=O) groups is 2. The zero-order valence-corrected chi connectivity index (χ0v) is 13.5. The first kappa shape index (κ1) is 14.3. The molecule has 3 aliphatic rings. The van der Waals surface area contributed by atoms with Crippen molar-refractivity contribution in [2.24, 2.45) is 0 Å². The van der Waals surface area contributed by atoms with Gasteiger partial charge in [0.15, 0.2) is 12.0 Å². The van der Waals surface area contributed by atoms with Crippen molar-refractivity contribution in [1.82, 2.24) is 0 Å². The van der Waals surface area contributed by atoms with Crippen LogP contribution in [0.5, 0.6) is 17.2 Å².